The molecule has 0 aliphatic rings. The molecule has 0 fully saturated rings. The number of benzene rings is 2. The summed E-state index contributed by atoms with van der Waals surface area (Å²) in [5.74, 6) is 0.0146. The van der Waals surface area contributed by atoms with Crippen molar-refractivity contribution in [2.45, 2.75) is 33.7 Å². The summed E-state index contributed by atoms with van der Waals surface area (Å²) in [6, 6.07) is 13.5. The Morgan fingerprint density at radius 1 is 1.07 bits per heavy atom. The van der Waals surface area contributed by atoms with Crippen LogP contribution >= 0.6 is 0 Å². The van der Waals surface area contributed by atoms with Gasteiger partial charge in [-0.15, -0.1) is 0 Å². The van der Waals surface area contributed by atoms with Crippen LogP contribution in [0.4, 0.5) is 10.5 Å². The number of urea groups is 1. The van der Waals surface area contributed by atoms with Crippen molar-refractivity contribution in [3.8, 4) is 0 Å². The van der Waals surface area contributed by atoms with Crippen LogP contribution in [0.2, 0.25) is 0 Å². The predicted molar refractivity (Wildman–Crippen MR) is 117 cm³/mol. The molecule has 0 aliphatic heterocycles. The second kappa shape index (κ2) is 9.28. The van der Waals surface area contributed by atoms with Crippen molar-refractivity contribution in [2.75, 3.05) is 18.4 Å². The van der Waals surface area contributed by atoms with Gasteiger partial charge in [0.1, 0.15) is 0 Å². The SMILES string of the molecule is CCN(Cc1ccccc1NC(=O)NCCc1c[nH]c2cccc(C)c12)C(C)=O. The van der Waals surface area contributed by atoms with Crippen LogP contribution in [0.15, 0.2) is 48.7 Å². The van der Waals surface area contributed by atoms with E-state index in [1.54, 1.807) is 11.8 Å². The van der Waals surface area contributed by atoms with Crippen molar-refractivity contribution in [1.82, 2.24) is 15.2 Å². The molecule has 152 valence electrons. The first-order valence-electron chi connectivity index (χ1n) is 9.93. The fraction of sp³-hybridized carbons (Fsp3) is 0.304. The number of carbonyl (C=O) groups excluding carboxylic acids is 2. The Morgan fingerprint density at radius 2 is 1.86 bits per heavy atom. The van der Waals surface area contributed by atoms with Crippen LogP contribution in [0.5, 0.6) is 0 Å². The number of H-pyrrole nitrogens is 1. The molecule has 3 rings (SSSR count). The predicted octanol–water partition coefficient (Wildman–Crippen LogP) is 4.21. The Balaban J connectivity index is 1.59. The molecule has 29 heavy (non-hydrogen) atoms. The van der Waals surface area contributed by atoms with Crippen molar-refractivity contribution in [3.05, 3.63) is 65.4 Å². The van der Waals surface area contributed by atoms with E-state index in [0.717, 1.165) is 17.5 Å². The van der Waals surface area contributed by atoms with Gasteiger partial charge in [0.25, 0.3) is 0 Å². The van der Waals surface area contributed by atoms with Crippen molar-refractivity contribution in [2.24, 2.45) is 0 Å². The first-order chi connectivity index (χ1) is 14.0. The molecule has 0 unspecified atom stereocenters. The van der Waals surface area contributed by atoms with E-state index in [9.17, 15) is 9.59 Å². The minimum Gasteiger partial charge on any atom is -0.361 e. The first-order valence-corrected chi connectivity index (χ1v) is 9.93. The molecule has 2 aromatic carbocycles. The lowest BCUT2D eigenvalue weighted by Crippen LogP contribution is -2.32. The molecule has 3 amide bonds. The third-order valence-electron chi connectivity index (χ3n) is 5.13. The van der Waals surface area contributed by atoms with Gasteiger partial charge in [-0.1, -0.05) is 30.3 Å². The highest BCUT2D eigenvalue weighted by molar-refractivity contribution is 5.90. The maximum absolute atomic E-state index is 12.4. The van der Waals surface area contributed by atoms with E-state index in [4.69, 9.17) is 0 Å². The van der Waals surface area contributed by atoms with Gasteiger partial charge in [-0.05, 0) is 49.1 Å². The van der Waals surface area contributed by atoms with E-state index < -0.39 is 0 Å². The van der Waals surface area contributed by atoms with Crippen LogP contribution in [0.25, 0.3) is 10.9 Å². The lowest BCUT2D eigenvalue weighted by atomic mass is 10.1. The first kappa shape index (κ1) is 20.5. The largest absolute Gasteiger partial charge is 0.361 e. The number of aryl methyl sites for hydroxylation is 1. The summed E-state index contributed by atoms with van der Waals surface area (Å²) in [4.78, 5) is 29.1. The minimum absolute atomic E-state index is 0.0146. The number of hydrogen-bond donors (Lipinski definition) is 3. The minimum atomic E-state index is -0.250. The van der Waals surface area contributed by atoms with Crippen molar-refractivity contribution < 1.29 is 9.59 Å². The number of nitrogens with zero attached hydrogens (tertiary/aromatic N) is 1. The molecule has 1 aromatic heterocycles. The summed E-state index contributed by atoms with van der Waals surface area (Å²) in [7, 11) is 0. The zero-order chi connectivity index (χ0) is 20.8. The third kappa shape index (κ3) is 4.96. The molecule has 1 heterocycles. The van der Waals surface area contributed by atoms with E-state index in [0.29, 0.717) is 25.3 Å². The summed E-state index contributed by atoms with van der Waals surface area (Å²) < 4.78 is 0. The molecule has 0 atom stereocenters. The lowest BCUT2D eigenvalue weighted by molar-refractivity contribution is -0.129. The Kier molecular flexibility index (Phi) is 6.54. The van der Waals surface area contributed by atoms with Crippen LogP contribution in [-0.4, -0.2) is 34.9 Å². The molecule has 0 spiro atoms. The highest BCUT2D eigenvalue weighted by Crippen LogP contribution is 2.22. The lowest BCUT2D eigenvalue weighted by Gasteiger charge is -2.21. The van der Waals surface area contributed by atoms with Gasteiger partial charge < -0.3 is 20.5 Å². The summed E-state index contributed by atoms with van der Waals surface area (Å²) in [6.45, 7) is 7.22. The Hall–Kier alpha value is -3.28. The van der Waals surface area contributed by atoms with Gasteiger partial charge >= 0.3 is 6.03 Å². The third-order valence-corrected chi connectivity index (χ3v) is 5.13. The molecule has 0 saturated heterocycles. The second-order valence-corrected chi connectivity index (χ2v) is 7.13. The molecule has 0 bridgehead atoms. The van der Waals surface area contributed by atoms with Gasteiger partial charge in [0, 0.05) is 49.3 Å². The fourth-order valence-corrected chi connectivity index (χ4v) is 3.56. The monoisotopic (exact) mass is 392 g/mol. The summed E-state index contributed by atoms with van der Waals surface area (Å²) in [6.07, 6.45) is 2.75. The number of para-hydroxylation sites is 1. The zero-order valence-electron chi connectivity index (χ0n) is 17.2. The molecule has 0 aliphatic carbocycles. The van der Waals surface area contributed by atoms with Gasteiger partial charge in [0.2, 0.25) is 5.91 Å². The van der Waals surface area contributed by atoms with Crippen LogP contribution in [0, 0.1) is 6.92 Å². The normalized spacial score (nSPS) is 10.7. The molecule has 0 saturated carbocycles. The molecule has 3 N–H and O–H groups in total. The van der Waals surface area contributed by atoms with Crippen molar-refractivity contribution in [3.63, 3.8) is 0 Å². The van der Waals surface area contributed by atoms with Gasteiger partial charge in [-0.3, -0.25) is 4.79 Å². The maximum Gasteiger partial charge on any atom is 0.319 e. The van der Waals surface area contributed by atoms with Crippen molar-refractivity contribution in [1.29, 1.82) is 0 Å². The number of rotatable bonds is 7. The Labute approximate surface area is 171 Å². The number of fused-ring (bicyclic) bond motifs is 1. The summed E-state index contributed by atoms with van der Waals surface area (Å²) in [5, 5.41) is 7.06. The molecule has 6 nitrogen and oxygen atoms in total. The zero-order valence-corrected chi connectivity index (χ0v) is 17.2. The van der Waals surface area contributed by atoms with Crippen LogP contribution in [-0.2, 0) is 17.8 Å². The van der Waals surface area contributed by atoms with Gasteiger partial charge in [0.15, 0.2) is 0 Å². The standard InChI is InChI=1S/C23H28N4O2/c1-4-27(17(3)28)15-19-9-5-6-10-20(19)26-23(29)24-13-12-18-14-25-21-11-7-8-16(2)22(18)21/h5-11,14,25H,4,12-13,15H2,1-3H3,(H2,24,26,29). The van der Waals surface area contributed by atoms with Crippen LogP contribution in [0.3, 0.4) is 0 Å². The smallest absolute Gasteiger partial charge is 0.319 e. The number of aromatic amines is 1. The fourth-order valence-electron chi connectivity index (χ4n) is 3.56. The summed E-state index contributed by atoms with van der Waals surface area (Å²) >= 11 is 0. The number of aromatic nitrogens is 1. The maximum atomic E-state index is 12.4. The summed E-state index contributed by atoms with van der Waals surface area (Å²) in [5.41, 5.74) is 5.16. The van der Waals surface area contributed by atoms with E-state index in [-0.39, 0.29) is 11.9 Å². The van der Waals surface area contributed by atoms with Crippen LogP contribution < -0.4 is 10.6 Å². The van der Waals surface area contributed by atoms with E-state index >= 15 is 0 Å². The van der Waals surface area contributed by atoms with E-state index in [1.807, 2.05) is 43.5 Å². The average Bonchev–Trinajstić information content (AvgIpc) is 3.11. The topological polar surface area (TPSA) is 77.2 Å². The number of amides is 3. The van der Waals surface area contributed by atoms with Gasteiger partial charge in [-0.2, -0.15) is 0 Å². The van der Waals surface area contributed by atoms with Gasteiger partial charge in [0.05, 0.1) is 0 Å². The number of hydrogen-bond acceptors (Lipinski definition) is 2. The molecular formula is C23H28N4O2. The quantitative estimate of drug-likeness (QED) is 0.563. The Bertz CT molecular complexity index is 1010. The molecule has 6 heteroatoms. The van der Waals surface area contributed by atoms with E-state index in [1.165, 1.54) is 16.5 Å². The number of anilines is 1. The molecule has 0 radical (unpaired) electrons. The highest BCUT2D eigenvalue weighted by Gasteiger charge is 2.12. The van der Waals surface area contributed by atoms with Crippen molar-refractivity contribution >= 4 is 28.5 Å². The highest BCUT2D eigenvalue weighted by atomic mass is 16.2. The molecular weight excluding hydrogens is 364 g/mol. The van der Waals surface area contributed by atoms with E-state index in [2.05, 4.69) is 34.7 Å². The average molecular weight is 393 g/mol. The van der Waals surface area contributed by atoms with Gasteiger partial charge in [-0.25, -0.2) is 4.79 Å². The molecule has 3 aromatic rings. The van der Waals surface area contributed by atoms with Crippen LogP contribution in [0.1, 0.15) is 30.5 Å². The number of nitrogens with one attached hydrogen (secondary N) is 3. The Morgan fingerprint density at radius 3 is 2.62 bits per heavy atom. The second-order valence-electron chi connectivity index (χ2n) is 7.13. The number of carbonyl (C=O) groups is 2.